The largest absolute Gasteiger partial charge is 0.493 e. The molecule has 9 heteroatoms. The minimum Gasteiger partial charge on any atom is -0.493 e. The molecule has 3 aliphatic heterocycles. The fraction of sp³-hybridized carbons (Fsp3) is 0.522. The van der Waals surface area contributed by atoms with Crippen LogP contribution >= 0.6 is 0 Å². The summed E-state index contributed by atoms with van der Waals surface area (Å²) in [6.07, 6.45) is 2.90. The monoisotopic (exact) mass is 438 g/mol. The van der Waals surface area contributed by atoms with Gasteiger partial charge in [0, 0.05) is 43.0 Å². The summed E-state index contributed by atoms with van der Waals surface area (Å²) in [5, 5.41) is 11.3. The molecule has 1 N–H and O–H groups in total. The van der Waals surface area contributed by atoms with E-state index < -0.39 is 11.9 Å². The molecular formula is C23H26N4O5. The van der Waals surface area contributed by atoms with Crippen molar-refractivity contribution in [2.24, 2.45) is 5.92 Å². The number of ether oxygens (including phenoxy) is 1. The number of nitriles is 1. The lowest BCUT2D eigenvalue weighted by molar-refractivity contribution is -0.137. The Hall–Kier alpha value is -3.41. The third-order valence-electron chi connectivity index (χ3n) is 6.36. The first-order valence-electron chi connectivity index (χ1n) is 11.0. The zero-order valence-electron chi connectivity index (χ0n) is 17.8. The molecule has 2 fully saturated rings. The van der Waals surface area contributed by atoms with Crippen molar-refractivity contribution in [1.29, 1.82) is 5.26 Å². The van der Waals surface area contributed by atoms with Crippen LogP contribution < -0.4 is 10.1 Å². The average Bonchev–Trinajstić information content (AvgIpc) is 3.13. The van der Waals surface area contributed by atoms with Gasteiger partial charge in [-0.15, -0.1) is 0 Å². The summed E-state index contributed by atoms with van der Waals surface area (Å²) < 4.78 is 5.90. The van der Waals surface area contributed by atoms with Crippen molar-refractivity contribution in [3.8, 4) is 11.8 Å². The van der Waals surface area contributed by atoms with Crippen LogP contribution in [0.25, 0.3) is 0 Å². The van der Waals surface area contributed by atoms with Crippen LogP contribution in [0, 0.1) is 17.2 Å². The Kier molecular flexibility index (Phi) is 6.40. The molecule has 0 aromatic heterocycles. The van der Waals surface area contributed by atoms with Crippen molar-refractivity contribution >= 4 is 23.6 Å². The van der Waals surface area contributed by atoms with Crippen LogP contribution in [0.5, 0.6) is 5.75 Å². The van der Waals surface area contributed by atoms with Gasteiger partial charge in [0.2, 0.25) is 17.7 Å². The van der Waals surface area contributed by atoms with Crippen LogP contribution in [-0.4, -0.2) is 59.2 Å². The smallest absolute Gasteiger partial charge is 0.255 e. The first-order valence-corrected chi connectivity index (χ1v) is 11.0. The van der Waals surface area contributed by atoms with Gasteiger partial charge in [-0.25, -0.2) is 0 Å². The molecular weight excluding hydrogens is 412 g/mol. The highest BCUT2D eigenvalue weighted by atomic mass is 16.5. The molecule has 9 nitrogen and oxygen atoms in total. The predicted octanol–water partition coefficient (Wildman–Crippen LogP) is 1.37. The van der Waals surface area contributed by atoms with Crippen LogP contribution in [0.4, 0.5) is 0 Å². The minimum atomic E-state index is -0.664. The molecule has 0 spiro atoms. The third kappa shape index (κ3) is 4.44. The van der Waals surface area contributed by atoms with Gasteiger partial charge >= 0.3 is 0 Å². The van der Waals surface area contributed by atoms with Gasteiger partial charge in [0.05, 0.1) is 19.2 Å². The predicted molar refractivity (Wildman–Crippen MR) is 112 cm³/mol. The maximum atomic E-state index is 12.8. The Bertz CT molecular complexity index is 977. The van der Waals surface area contributed by atoms with Gasteiger partial charge in [-0.1, -0.05) is 6.07 Å². The molecule has 4 rings (SSSR count). The zero-order chi connectivity index (χ0) is 22.7. The number of carbonyl (C=O) groups is 4. The second-order valence-corrected chi connectivity index (χ2v) is 8.42. The number of hydrogen-bond acceptors (Lipinski definition) is 6. The second-order valence-electron chi connectivity index (χ2n) is 8.42. The van der Waals surface area contributed by atoms with E-state index in [0.717, 1.165) is 18.4 Å². The molecule has 2 saturated heterocycles. The van der Waals surface area contributed by atoms with Crippen LogP contribution in [0.15, 0.2) is 18.2 Å². The molecule has 0 radical (unpaired) electrons. The number of carbonyl (C=O) groups excluding carboxylic acids is 4. The lowest BCUT2D eigenvalue weighted by Crippen LogP contribution is -2.52. The summed E-state index contributed by atoms with van der Waals surface area (Å²) in [6.45, 7) is 1.84. The molecule has 168 valence electrons. The number of benzene rings is 1. The van der Waals surface area contributed by atoms with Crippen LogP contribution in [0.2, 0.25) is 0 Å². The first kappa shape index (κ1) is 21.8. The summed E-state index contributed by atoms with van der Waals surface area (Å²) in [6, 6.07) is 6.84. The van der Waals surface area contributed by atoms with Gasteiger partial charge in [-0.3, -0.25) is 24.5 Å². The van der Waals surface area contributed by atoms with E-state index in [1.807, 2.05) is 4.90 Å². The van der Waals surface area contributed by atoms with Gasteiger partial charge in [0.25, 0.3) is 5.91 Å². The molecule has 1 atom stereocenters. The number of rotatable bonds is 6. The molecule has 4 amide bonds. The molecule has 1 aromatic carbocycles. The highest BCUT2D eigenvalue weighted by Gasteiger charge is 2.40. The summed E-state index contributed by atoms with van der Waals surface area (Å²) in [5.74, 6) is -0.304. The van der Waals surface area contributed by atoms with E-state index in [9.17, 15) is 19.2 Å². The number of imide groups is 1. The maximum Gasteiger partial charge on any atom is 0.255 e. The molecule has 0 saturated carbocycles. The number of nitrogens with one attached hydrogen (secondary N) is 1. The van der Waals surface area contributed by atoms with Gasteiger partial charge in [-0.05, 0) is 37.8 Å². The summed E-state index contributed by atoms with van der Waals surface area (Å²) in [5.41, 5.74) is 1.23. The van der Waals surface area contributed by atoms with E-state index in [1.54, 1.807) is 18.2 Å². The average molecular weight is 438 g/mol. The van der Waals surface area contributed by atoms with Crippen molar-refractivity contribution in [3.63, 3.8) is 0 Å². The van der Waals surface area contributed by atoms with E-state index in [1.165, 1.54) is 4.90 Å². The van der Waals surface area contributed by atoms with Crippen molar-refractivity contribution in [1.82, 2.24) is 15.1 Å². The summed E-state index contributed by atoms with van der Waals surface area (Å²) in [7, 11) is 0. The molecule has 0 bridgehead atoms. The number of amides is 4. The molecule has 1 unspecified atom stereocenters. The van der Waals surface area contributed by atoms with Gasteiger partial charge in [0.1, 0.15) is 11.8 Å². The fourth-order valence-corrected chi connectivity index (χ4v) is 4.51. The third-order valence-corrected chi connectivity index (χ3v) is 6.36. The SMILES string of the molecule is N#CC1CCN(C(=O)CCCOc2cccc3c2CN(C2CCC(=O)NC2=O)C3=O)CC1. The number of fused-ring (bicyclic) bond motifs is 1. The van der Waals surface area contributed by atoms with E-state index in [4.69, 9.17) is 10.00 Å². The first-order chi connectivity index (χ1) is 15.5. The van der Waals surface area contributed by atoms with Crippen molar-refractivity contribution in [3.05, 3.63) is 29.3 Å². The summed E-state index contributed by atoms with van der Waals surface area (Å²) in [4.78, 5) is 52.2. The topological polar surface area (TPSA) is 120 Å². The van der Waals surface area contributed by atoms with E-state index in [2.05, 4.69) is 11.4 Å². The normalized spacial score (nSPS) is 21.2. The molecule has 32 heavy (non-hydrogen) atoms. The van der Waals surface area contributed by atoms with Crippen molar-refractivity contribution in [2.45, 2.75) is 51.1 Å². The van der Waals surface area contributed by atoms with Gasteiger partial charge in [-0.2, -0.15) is 5.26 Å². The lowest BCUT2D eigenvalue weighted by Gasteiger charge is -2.29. The quantitative estimate of drug-likeness (QED) is 0.529. The van der Waals surface area contributed by atoms with Crippen LogP contribution in [0.3, 0.4) is 0 Å². The van der Waals surface area contributed by atoms with Crippen LogP contribution in [-0.2, 0) is 20.9 Å². The highest BCUT2D eigenvalue weighted by Crippen LogP contribution is 2.33. The number of nitrogens with zero attached hydrogens (tertiary/aromatic N) is 3. The maximum absolute atomic E-state index is 12.8. The van der Waals surface area contributed by atoms with E-state index in [-0.39, 0.29) is 36.6 Å². The lowest BCUT2D eigenvalue weighted by atomic mass is 9.98. The molecule has 3 aliphatic rings. The van der Waals surface area contributed by atoms with E-state index >= 15 is 0 Å². The Morgan fingerprint density at radius 1 is 1.19 bits per heavy atom. The molecule has 3 heterocycles. The highest BCUT2D eigenvalue weighted by molar-refractivity contribution is 6.05. The Balaban J connectivity index is 1.30. The van der Waals surface area contributed by atoms with Crippen LogP contribution in [0.1, 0.15) is 54.4 Å². The molecule has 0 aliphatic carbocycles. The minimum absolute atomic E-state index is 0.0463. The number of piperidine rings is 2. The Morgan fingerprint density at radius 3 is 2.69 bits per heavy atom. The van der Waals surface area contributed by atoms with Gasteiger partial charge in [0.15, 0.2) is 0 Å². The Labute approximate surface area is 186 Å². The van der Waals surface area contributed by atoms with E-state index in [0.29, 0.717) is 50.3 Å². The summed E-state index contributed by atoms with van der Waals surface area (Å²) >= 11 is 0. The number of hydrogen-bond donors (Lipinski definition) is 1. The zero-order valence-corrected chi connectivity index (χ0v) is 17.8. The fourth-order valence-electron chi connectivity index (χ4n) is 4.51. The van der Waals surface area contributed by atoms with Gasteiger partial charge < -0.3 is 14.5 Å². The van der Waals surface area contributed by atoms with Crippen molar-refractivity contribution in [2.75, 3.05) is 19.7 Å². The standard InChI is InChI=1S/C23H26N4O5/c24-13-15-8-10-26(11-9-15)21(29)5-2-12-32-19-4-1-3-16-17(19)14-27(23(16)31)18-6-7-20(28)25-22(18)30/h1,3-4,15,18H,2,5-12,14H2,(H,25,28,30). The van der Waals surface area contributed by atoms with Crippen molar-refractivity contribution < 1.29 is 23.9 Å². The number of likely N-dealkylation sites (tertiary alicyclic amines) is 1. The molecule has 1 aromatic rings. The Morgan fingerprint density at radius 2 is 1.97 bits per heavy atom. The second kappa shape index (κ2) is 9.39.